The molecule has 0 aliphatic heterocycles. The fraction of sp³-hybridized carbons (Fsp3) is 0.222. The second kappa shape index (κ2) is 3.81. The van der Waals surface area contributed by atoms with Crippen LogP contribution in [0.25, 0.3) is 0 Å². The zero-order valence-electron chi connectivity index (χ0n) is 6.60. The Bertz CT molecular complexity index is 289. The largest absolute Gasteiger partial charge is 0.300 e. The average molecular weight is 231 g/mol. The van der Waals surface area contributed by atoms with E-state index in [1.807, 2.05) is 0 Å². The first kappa shape index (κ1) is 9.39. The van der Waals surface area contributed by atoms with Crippen molar-refractivity contribution in [2.24, 2.45) is 0 Å². The van der Waals surface area contributed by atoms with Crippen LogP contribution in [0.15, 0.2) is 22.7 Å². The van der Waals surface area contributed by atoms with Crippen molar-refractivity contribution in [2.75, 3.05) is 0 Å². The summed E-state index contributed by atoms with van der Waals surface area (Å²) in [6.07, 6.45) is 0.146. The first-order valence-electron chi connectivity index (χ1n) is 3.53. The highest BCUT2D eigenvalue weighted by Crippen LogP contribution is 2.19. The van der Waals surface area contributed by atoms with Gasteiger partial charge >= 0.3 is 0 Å². The van der Waals surface area contributed by atoms with Gasteiger partial charge in [-0.25, -0.2) is 4.39 Å². The van der Waals surface area contributed by atoms with Gasteiger partial charge in [-0.1, -0.05) is 22.0 Å². The molecule has 0 aromatic heterocycles. The Labute approximate surface area is 78.7 Å². The highest BCUT2D eigenvalue weighted by atomic mass is 79.9. The van der Waals surface area contributed by atoms with Crippen LogP contribution in [0.2, 0.25) is 0 Å². The molecule has 1 aromatic carbocycles. The van der Waals surface area contributed by atoms with Gasteiger partial charge in [-0.2, -0.15) is 0 Å². The molecule has 1 aromatic rings. The Balaban J connectivity index is 3.04. The van der Waals surface area contributed by atoms with E-state index in [0.29, 0.717) is 10.0 Å². The van der Waals surface area contributed by atoms with E-state index in [2.05, 4.69) is 15.9 Å². The molecular formula is C9H8BrFO. The predicted molar refractivity (Wildman–Crippen MR) is 48.5 cm³/mol. The number of hydrogen-bond donors (Lipinski definition) is 0. The molecule has 0 saturated carbocycles. The predicted octanol–water partition coefficient (Wildman–Crippen LogP) is 2.72. The normalized spacial score (nSPS) is 9.92. The van der Waals surface area contributed by atoms with Gasteiger partial charge in [0.15, 0.2) is 0 Å². The highest BCUT2D eigenvalue weighted by molar-refractivity contribution is 9.10. The average Bonchev–Trinajstić information content (AvgIpc) is 1.97. The van der Waals surface area contributed by atoms with E-state index in [0.717, 1.165) is 0 Å². The first-order valence-corrected chi connectivity index (χ1v) is 4.33. The molecule has 0 amide bonds. The van der Waals surface area contributed by atoms with Crippen molar-refractivity contribution in [3.63, 3.8) is 0 Å². The molecule has 0 bridgehead atoms. The molecule has 0 atom stereocenters. The number of carbonyl (C=O) groups excluding carboxylic acids is 1. The third-order valence-corrected chi connectivity index (χ3v) is 2.23. The zero-order valence-corrected chi connectivity index (χ0v) is 8.19. The van der Waals surface area contributed by atoms with E-state index in [1.54, 1.807) is 12.1 Å². The van der Waals surface area contributed by atoms with Crippen molar-refractivity contribution < 1.29 is 9.18 Å². The van der Waals surface area contributed by atoms with E-state index in [9.17, 15) is 9.18 Å². The number of rotatable bonds is 2. The van der Waals surface area contributed by atoms with Gasteiger partial charge in [-0.05, 0) is 19.1 Å². The number of benzene rings is 1. The second-order valence-corrected chi connectivity index (χ2v) is 3.43. The Hall–Kier alpha value is -0.700. The fourth-order valence-electron chi connectivity index (χ4n) is 0.950. The maximum atomic E-state index is 13.0. The molecule has 0 aliphatic carbocycles. The van der Waals surface area contributed by atoms with Crippen molar-refractivity contribution >= 4 is 21.7 Å². The summed E-state index contributed by atoms with van der Waals surface area (Å²) in [5, 5.41) is 0. The molecule has 0 saturated heterocycles. The molecule has 0 aliphatic rings. The molecule has 0 heterocycles. The molecule has 12 heavy (non-hydrogen) atoms. The molecule has 3 heteroatoms. The van der Waals surface area contributed by atoms with Gasteiger partial charge in [-0.3, -0.25) is 4.79 Å². The maximum absolute atomic E-state index is 13.0. The zero-order chi connectivity index (χ0) is 9.14. The van der Waals surface area contributed by atoms with Crippen LogP contribution in [0.5, 0.6) is 0 Å². The van der Waals surface area contributed by atoms with Crippen molar-refractivity contribution in [3.05, 3.63) is 34.1 Å². The lowest BCUT2D eigenvalue weighted by Crippen LogP contribution is -2.00. The monoisotopic (exact) mass is 230 g/mol. The summed E-state index contributed by atoms with van der Waals surface area (Å²) in [7, 11) is 0. The second-order valence-electron chi connectivity index (χ2n) is 2.58. The van der Waals surface area contributed by atoms with Crippen LogP contribution < -0.4 is 0 Å². The summed E-state index contributed by atoms with van der Waals surface area (Å²) in [5.41, 5.74) is 0.435. The maximum Gasteiger partial charge on any atom is 0.134 e. The van der Waals surface area contributed by atoms with Crippen molar-refractivity contribution in [1.82, 2.24) is 0 Å². The van der Waals surface area contributed by atoms with Crippen LogP contribution in [0.3, 0.4) is 0 Å². The standard InChI is InChI=1S/C9H8BrFO/c1-6(12)5-7-8(10)3-2-4-9(7)11/h2-4H,5H2,1H3. The van der Waals surface area contributed by atoms with E-state index >= 15 is 0 Å². The quantitative estimate of drug-likeness (QED) is 0.764. The summed E-state index contributed by atoms with van der Waals surface area (Å²) in [6, 6.07) is 4.67. The molecule has 0 spiro atoms. The van der Waals surface area contributed by atoms with Gasteiger partial charge in [0.2, 0.25) is 0 Å². The van der Waals surface area contributed by atoms with Crippen LogP contribution in [-0.4, -0.2) is 5.78 Å². The van der Waals surface area contributed by atoms with Crippen molar-refractivity contribution in [2.45, 2.75) is 13.3 Å². The SMILES string of the molecule is CC(=O)Cc1c(F)cccc1Br. The van der Waals surface area contributed by atoms with E-state index < -0.39 is 0 Å². The number of carbonyl (C=O) groups is 1. The lowest BCUT2D eigenvalue weighted by atomic mass is 10.1. The topological polar surface area (TPSA) is 17.1 Å². The molecule has 0 radical (unpaired) electrons. The smallest absolute Gasteiger partial charge is 0.134 e. The van der Waals surface area contributed by atoms with Gasteiger partial charge < -0.3 is 0 Å². The molecule has 0 fully saturated rings. The van der Waals surface area contributed by atoms with Crippen LogP contribution >= 0.6 is 15.9 Å². The van der Waals surface area contributed by atoms with Crippen molar-refractivity contribution in [1.29, 1.82) is 0 Å². The molecule has 1 rings (SSSR count). The Morgan fingerprint density at radius 1 is 1.58 bits per heavy atom. The van der Waals surface area contributed by atoms with Gasteiger partial charge in [0.1, 0.15) is 11.6 Å². The number of ketones is 1. The third-order valence-electron chi connectivity index (χ3n) is 1.49. The lowest BCUT2D eigenvalue weighted by Gasteiger charge is -2.02. The van der Waals surface area contributed by atoms with Crippen LogP contribution in [0.1, 0.15) is 12.5 Å². The Morgan fingerprint density at radius 2 is 2.25 bits per heavy atom. The van der Waals surface area contributed by atoms with Crippen LogP contribution in [0, 0.1) is 5.82 Å². The summed E-state index contributed by atoms with van der Waals surface area (Å²) in [6.45, 7) is 1.44. The van der Waals surface area contributed by atoms with E-state index in [1.165, 1.54) is 13.0 Å². The number of hydrogen-bond acceptors (Lipinski definition) is 1. The van der Waals surface area contributed by atoms with Gasteiger partial charge in [-0.15, -0.1) is 0 Å². The highest BCUT2D eigenvalue weighted by Gasteiger charge is 2.07. The lowest BCUT2D eigenvalue weighted by molar-refractivity contribution is -0.116. The van der Waals surface area contributed by atoms with Crippen LogP contribution in [-0.2, 0) is 11.2 Å². The van der Waals surface area contributed by atoms with Gasteiger partial charge in [0.25, 0.3) is 0 Å². The minimum Gasteiger partial charge on any atom is -0.300 e. The molecule has 0 N–H and O–H groups in total. The number of Topliss-reactive ketones (excluding diaryl/α,β-unsaturated/α-hetero) is 1. The summed E-state index contributed by atoms with van der Waals surface area (Å²) in [5.74, 6) is -0.375. The molecule has 0 unspecified atom stereocenters. The van der Waals surface area contributed by atoms with Crippen LogP contribution in [0.4, 0.5) is 4.39 Å². The minimum atomic E-state index is -0.334. The summed E-state index contributed by atoms with van der Waals surface area (Å²) in [4.78, 5) is 10.7. The first-order chi connectivity index (χ1) is 5.61. The minimum absolute atomic E-state index is 0.0409. The summed E-state index contributed by atoms with van der Waals surface area (Å²) >= 11 is 3.18. The van der Waals surface area contributed by atoms with Gasteiger partial charge in [0.05, 0.1) is 0 Å². The Kier molecular flexibility index (Phi) is 2.98. The summed E-state index contributed by atoms with van der Waals surface area (Å²) < 4.78 is 13.7. The Morgan fingerprint density at radius 3 is 2.75 bits per heavy atom. The van der Waals surface area contributed by atoms with Gasteiger partial charge in [0, 0.05) is 16.5 Å². The third kappa shape index (κ3) is 2.14. The molecule has 64 valence electrons. The van der Waals surface area contributed by atoms with E-state index in [4.69, 9.17) is 0 Å². The van der Waals surface area contributed by atoms with Crippen molar-refractivity contribution in [3.8, 4) is 0 Å². The molecular weight excluding hydrogens is 223 g/mol. The fourth-order valence-corrected chi connectivity index (χ4v) is 1.43. The molecule has 1 nitrogen and oxygen atoms in total. The van der Waals surface area contributed by atoms with E-state index in [-0.39, 0.29) is 18.0 Å². The number of halogens is 2.